The molecule has 3 heterocycles. The molecule has 0 bridgehead atoms. The Morgan fingerprint density at radius 1 is 1.07 bits per heavy atom. The number of amides is 2. The molecule has 0 unspecified atom stereocenters. The molecule has 0 saturated heterocycles. The van der Waals surface area contributed by atoms with Crippen LogP contribution < -0.4 is 25.4 Å². The number of nitrogens with one attached hydrogen (secondary N) is 3. The Labute approximate surface area is 173 Å². The van der Waals surface area contributed by atoms with E-state index >= 15 is 0 Å². The van der Waals surface area contributed by atoms with Crippen molar-refractivity contribution in [2.75, 3.05) is 30.5 Å². The largest absolute Gasteiger partial charge is 0.454 e. The predicted octanol–water partition coefficient (Wildman–Crippen LogP) is 2.55. The molecule has 4 rings (SSSR count). The lowest BCUT2D eigenvalue weighted by atomic mass is 10.2. The van der Waals surface area contributed by atoms with Crippen LogP contribution in [0.2, 0.25) is 0 Å². The minimum Gasteiger partial charge on any atom is -0.454 e. The van der Waals surface area contributed by atoms with Crippen LogP contribution in [0.4, 0.5) is 16.3 Å². The monoisotopic (exact) mass is 409 g/mol. The maximum absolute atomic E-state index is 12.0. The predicted molar refractivity (Wildman–Crippen MR) is 111 cm³/mol. The molecule has 0 saturated carbocycles. The fraction of sp³-hybridized carbons (Fsp3) is 0.300. The van der Waals surface area contributed by atoms with Crippen molar-refractivity contribution in [1.29, 1.82) is 0 Å². The standard InChI is InChI=1S/C20H23N7O3/c1-12-13(2)26-27(14(12)3)19-7-6-18(24-25-19)21-8-9-22-20(28)23-15-4-5-16-17(10-15)30-11-29-16/h4-7,10H,8-9,11H2,1-3H3,(H,21,24)(H2,22,23,28). The van der Waals surface area contributed by atoms with Crippen molar-refractivity contribution in [3.05, 3.63) is 47.3 Å². The van der Waals surface area contributed by atoms with E-state index in [0.29, 0.717) is 41.9 Å². The van der Waals surface area contributed by atoms with Crippen LogP contribution in [0.15, 0.2) is 30.3 Å². The molecule has 156 valence electrons. The summed E-state index contributed by atoms with van der Waals surface area (Å²) in [5.74, 6) is 2.57. The molecular weight excluding hydrogens is 386 g/mol. The van der Waals surface area contributed by atoms with Crippen LogP contribution in [-0.4, -0.2) is 45.9 Å². The maximum atomic E-state index is 12.0. The summed E-state index contributed by atoms with van der Waals surface area (Å²) >= 11 is 0. The number of rotatable bonds is 6. The number of urea groups is 1. The van der Waals surface area contributed by atoms with Gasteiger partial charge in [-0.25, -0.2) is 9.48 Å². The number of ether oxygens (including phenoxy) is 2. The Kier molecular flexibility index (Phi) is 5.38. The van der Waals surface area contributed by atoms with Crippen molar-refractivity contribution in [1.82, 2.24) is 25.3 Å². The van der Waals surface area contributed by atoms with E-state index < -0.39 is 0 Å². The number of hydrogen-bond acceptors (Lipinski definition) is 7. The van der Waals surface area contributed by atoms with Crippen LogP contribution in [0.5, 0.6) is 11.5 Å². The van der Waals surface area contributed by atoms with Gasteiger partial charge in [0.1, 0.15) is 5.82 Å². The van der Waals surface area contributed by atoms with Crippen molar-refractivity contribution in [2.24, 2.45) is 0 Å². The Morgan fingerprint density at radius 3 is 2.63 bits per heavy atom. The lowest BCUT2D eigenvalue weighted by molar-refractivity contribution is 0.174. The van der Waals surface area contributed by atoms with Crippen LogP contribution >= 0.6 is 0 Å². The first-order chi connectivity index (χ1) is 14.5. The van der Waals surface area contributed by atoms with Gasteiger partial charge in [0.05, 0.1) is 5.69 Å². The third-order valence-electron chi connectivity index (χ3n) is 4.87. The van der Waals surface area contributed by atoms with E-state index in [9.17, 15) is 4.79 Å². The molecule has 0 radical (unpaired) electrons. The molecule has 3 N–H and O–H groups in total. The Bertz CT molecular complexity index is 1060. The van der Waals surface area contributed by atoms with Gasteiger partial charge >= 0.3 is 6.03 Å². The van der Waals surface area contributed by atoms with Crippen LogP contribution in [-0.2, 0) is 0 Å². The minimum absolute atomic E-state index is 0.196. The number of fused-ring (bicyclic) bond motifs is 1. The minimum atomic E-state index is -0.308. The number of nitrogens with zero attached hydrogens (tertiary/aromatic N) is 4. The highest BCUT2D eigenvalue weighted by Gasteiger charge is 2.14. The molecule has 0 aliphatic carbocycles. The first kappa shape index (κ1) is 19.5. The highest BCUT2D eigenvalue weighted by molar-refractivity contribution is 5.89. The van der Waals surface area contributed by atoms with Gasteiger partial charge in [0.2, 0.25) is 6.79 Å². The molecule has 2 amide bonds. The van der Waals surface area contributed by atoms with E-state index in [-0.39, 0.29) is 12.8 Å². The van der Waals surface area contributed by atoms with E-state index in [1.165, 1.54) is 0 Å². The van der Waals surface area contributed by atoms with Gasteiger partial charge in [-0.1, -0.05) is 0 Å². The van der Waals surface area contributed by atoms with Crippen molar-refractivity contribution in [2.45, 2.75) is 20.8 Å². The number of aryl methyl sites for hydroxylation is 1. The summed E-state index contributed by atoms with van der Waals surface area (Å²) in [6, 6.07) is 8.62. The summed E-state index contributed by atoms with van der Waals surface area (Å²) < 4.78 is 12.3. The number of carbonyl (C=O) groups is 1. The highest BCUT2D eigenvalue weighted by atomic mass is 16.7. The van der Waals surface area contributed by atoms with Gasteiger partial charge in [-0.3, -0.25) is 0 Å². The van der Waals surface area contributed by atoms with E-state index in [4.69, 9.17) is 9.47 Å². The quantitative estimate of drug-likeness (QED) is 0.536. The van der Waals surface area contributed by atoms with Crippen molar-refractivity contribution < 1.29 is 14.3 Å². The Balaban J connectivity index is 1.23. The van der Waals surface area contributed by atoms with E-state index in [2.05, 4.69) is 31.2 Å². The lowest BCUT2D eigenvalue weighted by Crippen LogP contribution is -2.32. The summed E-state index contributed by atoms with van der Waals surface area (Å²) in [4.78, 5) is 12.0. The van der Waals surface area contributed by atoms with Crippen LogP contribution in [0, 0.1) is 20.8 Å². The molecule has 10 nitrogen and oxygen atoms in total. The number of aromatic nitrogens is 4. The number of hydrogen-bond donors (Lipinski definition) is 3. The highest BCUT2D eigenvalue weighted by Crippen LogP contribution is 2.34. The smallest absolute Gasteiger partial charge is 0.319 e. The topological polar surface area (TPSA) is 115 Å². The number of anilines is 2. The molecule has 1 aliphatic heterocycles. The third-order valence-corrected chi connectivity index (χ3v) is 4.87. The fourth-order valence-corrected chi connectivity index (χ4v) is 2.99. The summed E-state index contributed by atoms with van der Waals surface area (Å²) in [6.45, 7) is 7.12. The average molecular weight is 409 g/mol. The van der Waals surface area contributed by atoms with E-state index in [1.54, 1.807) is 22.9 Å². The molecule has 10 heteroatoms. The normalized spacial score (nSPS) is 12.0. The average Bonchev–Trinajstić information content (AvgIpc) is 3.31. The first-order valence-corrected chi connectivity index (χ1v) is 9.56. The maximum Gasteiger partial charge on any atom is 0.319 e. The summed E-state index contributed by atoms with van der Waals surface area (Å²) in [7, 11) is 0. The second-order valence-electron chi connectivity index (χ2n) is 6.86. The van der Waals surface area contributed by atoms with Crippen molar-refractivity contribution in [3.63, 3.8) is 0 Å². The van der Waals surface area contributed by atoms with Crippen molar-refractivity contribution >= 4 is 17.5 Å². The van der Waals surface area contributed by atoms with Gasteiger partial charge in [-0.15, -0.1) is 10.2 Å². The molecule has 2 aromatic heterocycles. The Hall–Kier alpha value is -3.82. The van der Waals surface area contributed by atoms with E-state index in [1.807, 2.05) is 32.9 Å². The molecule has 0 spiro atoms. The molecule has 1 aliphatic rings. The van der Waals surface area contributed by atoms with Gasteiger partial charge in [-0.2, -0.15) is 5.10 Å². The van der Waals surface area contributed by atoms with Crippen molar-refractivity contribution in [3.8, 4) is 17.3 Å². The summed E-state index contributed by atoms with van der Waals surface area (Å²) in [5.41, 5.74) is 3.79. The zero-order valence-corrected chi connectivity index (χ0v) is 17.0. The molecular formula is C20H23N7O3. The second-order valence-corrected chi connectivity index (χ2v) is 6.86. The summed E-state index contributed by atoms with van der Waals surface area (Å²) in [6.07, 6.45) is 0. The molecule has 3 aromatic rings. The van der Waals surface area contributed by atoms with Gasteiger partial charge < -0.3 is 25.4 Å². The van der Waals surface area contributed by atoms with Gasteiger partial charge in [0.15, 0.2) is 17.3 Å². The SMILES string of the molecule is Cc1nn(-c2ccc(NCCNC(=O)Nc3ccc4c(c3)OCO4)nn2)c(C)c1C. The first-order valence-electron chi connectivity index (χ1n) is 9.56. The van der Waals surface area contributed by atoms with Crippen LogP contribution in [0.1, 0.15) is 17.0 Å². The zero-order chi connectivity index (χ0) is 21.1. The molecule has 30 heavy (non-hydrogen) atoms. The molecule has 0 atom stereocenters. The molecule has 1 aromatic carbocycles. The zero-order valence-electron chi connectivity index (χ0n) is 17.0. The third kappa shape index (κ3) is 4.12. The number of carbonyl (C=O) groups excluding carboxylic acids is 1. The second kappa shape index (κ2) is 8.27. The Morgan fingerprint density at radius 2 is 1.90 bits per heavy atom. The fourth-order valence-electron chi connectivity index (χ4n) is 2.99. The lowest BCUT2D eigenvalue weighted by Gasteiger charge is -2.09. The van der Waals surface area contributed by atoms with Crippen LogP contribution in [0.25, 0.3) is 5.82 Å². The van der Waals surface area contributed by atoms with Gasteiger partial charge in [-0.05, 0) is 50.6 Å². The number of benzene rings is 1. The summed E-state index contributed by atoms with van der Waals surface area (Å²) in [5, 5.41) is 21.5. The van der Waals surface area contributed by atoms with E-state index in [0.717, 1.165) is 17.0 Å². The molecule has 0 fully saturated rings. The van der Waals surface area contributed by atoms with Crippen LogP contribution in [0.3, 0.4) is 0 Å². The van der Waals surface area contributed by atoms with Gasteiger partial charge in [0.25, 0.3) is 0 Å². The van der Waals surface area contributed by atoms with Gasteiger partial charge in [0, 0.05) is 30.5 Å².